The van der Waals surface area contributed by atoms with Gasteiger partial charge in [0.25, 0.3) is 0 Å². The molecular formula is C14H15BrF3N3. The van der Waals surface area contributed by atoms with Crippen LogP contribution in [0.25, 0.3) is 10.9 Å². The molecule has 0 aliphatic carbocycles. The second-order valence-corrected chi connectivity index (χ2v) is 5.98. The van der Waals surface area contributed by atoms with E-state index in [2.05, 4.69) is 20.9 Å². The number of fused-ring (bicyclic) bond motifs is 1. The number of nitrogens with zero attached hydrogens (tertiary/aromatic N) is 2. The van der Waals surface area contributed by atoms with E-state index in [0.29, 0.717) is 22.3 Å². The van der Waals surface area contributed by atoms with Gasteiger partial charge in [-0.1, -0.05) is 0 Å². The molecule has 2 N–H and O–H groups in total. The highest BCUT2D eigenvalue weighted by Gasteiger charge is 2.32. The van der Waals surface area contributed by atoms with E-state index >= 15 is 0 Å². The number of alkyl halides is 3. The van der Waals surface area contributed by atoms with Crippen LogP contribution in [0.3, 0.4) is 0 Å². The van der Waals surface area contributed by atoms with Crippen molar-refractivity contribution < 1.29 is 13.2 Å². The van der Waals surface area contributed by atoms with Crippen LogP contribution in [0.15, 0.2) is 28.9 Å². The lowest BCUT2D eigenvalue weighted by Crippen LogP contribution is -2.39. The molecule has 2 rings (SSSR count). The molecule has 0 bridgehead atoms. The van der Waals surface area contributed by atoms with Gasteiger partial charge in [-0.15, -0.1) is 0 Å². The SMILES string of the molecule is CC(C)N(CC(F)(F)F)c1ccc(N)c2cc(Br)cnc12. The summed E-state index contributed by atoms with van der Waals surface area (Å²) in [5.41, 5.74) is 7.28. The van der Waals surface area contributed by atoms with Crippen molar-refractivity contribution in [3.63, 3.8) is 0 Å². The second-order valence-electron chi connectivity index (χ2n) is 5.06. The summed E-state index contributed by atoms with van der Waals surface area (Å²) in [6, 6.07) is 4.64. The molecule has 2 aromatic rings. The first-order chi connectivity index (χ1) is 9.69. The summed E-state index contributed by atoms with van der Waals surface area (Å²) in [5.74, 6) is 0. The van der Waals surface area contributed by atoms with E-state index in [9.17, 15) is 13.2 Å². The molecule has 0 saturated heterocycles. The van der Waals surface area contributed by atoms with Gasteiger partial charge in [-0.05, 0) is 48.0 Å². The topological polar surface area (TPSA) is 42.1 Å². The van der Waals surface area contributed by atoms with E-state index in [4.69, 9.17) is 5.73 Å². The standard InChI is InChI=1S/C14H15BrF3N3/c1-8(2)21(7-14(16,17)18)12-4-3-11(19)10-5-9(15)6-20-13(10)12/h3-6,8H,7,19H2,1-2H3. The Hall–Kier alpha value is -1.50. The summed E-state index contributed by atoms with van der Waals surface area (Å²) >= 11 is 3.29. The molecule has 0 saturated carbocycles. The molecule has 0 fully saturated rings. The van der Waals surface area contributed by atoms with Crippen molar-refractivity contribution in [1.82, 2.24) is 4.98 Å². The molecule has 21 heavy (non-hydrogen) atoms. The molecule has 0 amide bonds. The summed E-state index contributed by atoms with van der Waals surface area (Å²) in [6.07, 6.45) is -2.73. The number of rotatable bonds is 3. The molecule has 114 valence electrons. The van der Waals surface area contributed by atoms with Gasteiger partial charge in [0.05, 0.1) is 11.2 Å². The zero-order chi connectivity index (χ0) is 15.8. The lowest BCUT2D eigenvalue weighted by atomic mass is 10.1. The van der Waals surface area contributed by atoms with Gasteiger partial charge in [-0.2, -0.15) is 13.2 Å². The number of halogens is 4. The van der Waals surface area contributed by atoms with E-state index in [1.165, 1.54) is 4.90 Å². The monoisotopic (exact) mass is 361 g/mol. The van der Waals surface area contributed by atoms with Gasteiger partial charge in [-0.25, -0.2) is 0 Å². The number of hydrogen-bond donors (Lipinski definition) is 1. The Morgan fingerprint density at radius 2 is 2.00 bits per heavy atom. The molecule has 0 spiro atoms. The Labute approximate surface area is 129 Å². The number of nitrogen functional groups attached to an aromatic ring is 1. The zero-order valence-corrected chi connectivity index (χ0v) is 13.2. The third-order valence-corrected chi connectivity index (χ3v) is 3.54. The fraction of sp³-hybridized carbons (Fsp3) is 0.357. The van der Waals surface area contributed by atoms with Gasteiger partial charge in [0, 0.05) is 27.8 Å². The van der Waals surface area contributed by atoms with Crippen LogP contribution in [-0.2, 0) is 0 Å². The maximum absolute atomic E-state index is 12.8. The summed E-state index contributed by atoms with van der Waals surface area (Å²) in [5, 5.41) is 0.634. The first-order valence-electron chi connectivity index (χ1n) is 6.36. The molecule has 0 atom stereocenters. The van der Waals surface area contributed by atoms with Crippen molar-refractivity contribution in [2.45, 2.75) is 26.1 Å². The molecule has 0 unspecified atom stereocenters. The molecule has 7 heteroatoms. The number of hydrogen-bond acceptors (Lipinski definition) is 3. The average molecular weight is 362 g/mol. The van der Waals surface area contributed by atoms with E-state index in [0.717, 1.165) is 4.47 Å². The highest BCUT2D eigenvalue weighted by molar-refractivity contribution is 9.10. The van der Waals surface area contributed by atoms with Crippen LogP contribution in [0.5, 0.6) is 0 Å². The minimum Gasteiger partial charge on any atom is -0.398 e. The Bertz CT molecular complexity index is 656. The molecule has 1 heterocycles. The lowest BCUT2D eigenvalue weighted by Gasteiger charge is -2.30. The Morgan fingerprint density at radius 1 is 1.33 bits per heavy atom. The quantitative estimate of drug-likeness (QED) is 0.826. The highest BCUT2D eigenvalue weighted by Crippen LogP contribution is 2.33. The third kappa shape index (κ3) is 3.58. The lowest BCUT2D eigenvalue weighted by molar-refractivity contribution is -0.120. The fourth-order valence-electron chi connectivity index (χ4n) is 2.17. The number of nitrogens with two attached hydrogens (primary N) is 1. The van der Waals surface area contributed by atoms with Gasteiger partial charge >= 0.3 is 6.18 Å². The summed E-state index contributed by atoms with van der Waals surface area (Å²) < 4.78 is 39.1. The Morgan fingerprint density at radius 3 is 2.57 bits per heavy atom. The van der Waals surface area contributed by atoms with Crippen molar-refractivity contribution in [3.8, 4) is 0 Å². The number of pyridine rings is 1. The summed E-state index contributed by atoms with van der Waals surface area (Å²) in [6.45, 7) is 2.40. The van der Waals surface area contributed by atoms with Crippen molar-refractivity contribution in [2.24, 2.45) is 0 Å². The number of anilines is 2. The molecular weight excluding hydrogens is 347 g/mol. The number of benzene rings is 1. The predicted octanol–water partition coefficient (Wildman–Crippen LogP) is 4.36. The zero-order valence-electron chi connectivity index (χ0n) is 11.6. The van der Waals surface area contributed by atoms with Crippen molar-refractivity contribution in [1.29, 1.82) is 0 Å². The molecule has 1 aromatic heterocycles. The second kappa shape index (κ2) is 5.71. The van der Waals surface area contributed by atoms with E-state index < -0.39 is 12.7 Å². The van der Waals surface area contributed by atoms with Crippen molar-refractivity contribution in [3.05, 3.63) is 28.9 Å². The maximum Gasteiger partial charge on any atom is 0.405 e. The first-order valence-corrected chi connectivity index (χ1v) is 7.15. The van der Waals surface area contributed by atoms with Crippen LogP contribution >= 0.6 is 15.9 Å². The van der Waals surface area contributed by atoms with Crippen LogP contribution in [-0.4, -0.2) is 23.7 Å². The Kier molecular flexibility index (Phi) is 4.32. The van der Waals surface area contributed by atoms with Gasteiger partial charge < -0.3 is 10.6 Å². The summed E-state index contributed by atoms with van der Waals surface area (Å²) in [7, 11) is 0. The van der Waals surface area contributed by atoms with Crippen LogP contribution in [0.2, 0.25) is 0 Å². The van der Waals surface area contributed by atoms with Crippen LogP contribution in [0, 0.1) is 0 Å². The van der Waals surface area contributed by atoms with Crippen LogP contribution in [0.4, 0.5) is 24.5 Å². The molecule has 3 nitrogen and oxygen atoms in total. The molecule has 0 radical (unpaired) electrons. The van der Waals surface area contributed by atoms with Gasteiger partial charge in [-0.3, -0.25) is 4.98 Å². The van der Waals surface area contributed by atoms with Crippen molar-refractivity contribution >= 4 is 38.2 Å². The number of aromatic nitrogens is 1. The largest absolute Gasteiger partial charge is 0.405 e. The van der Waals surface area contributed by atoms with Gasteiger partial charge in [0.1, 0.15) is 6.54 Å². The van der Waals surface area contributed by atoms with Crippen LogP contribution in [0.1, 0.15) is 13.8 Å². The van der Waals surface area contributed by atoms with Gasteiger partial charge in [0.15, 0.2) is 0 Å². The van der Waals surface area contributed by atoms with E-state index in [1.807, 2.05) is 0 Å². The van der Waals surface area contributed by atoms with E-state index in [1.54, 1.807) is 38.2 Å². The molecule has 0 aliphatic rings. The summed E-state index contributed by atoms with van der Waals surface area (Å²) in [4.78, 5) is 5.52. The normalized spacial score (nSPS) is 12.1. The van der Waals surface area contributed by atoms with Crippen molar-refractivity contribution in [2.75, 3.05) is 17.2 Å². The molecule has 1 aromatic carbocycles. The fourth-order valence-corrected chi connectivity index (χ4v) is 2.50. The van der Waals surface area contributed by atoms with Crippen LogP contribution < -0.4 is 10.6 Å². The first kappa shape index (κ1) is 15.9. The highest BCUT2D eigenvalue weighted by atomic mass is 79.9. The Balaban J connectivity index is 2.61. The maximum atomic E-state index is 12.8. The minimum atomic E-state index is -4.28. The third-order valence-electron chi connectivity index (χ3n) is 3.11. The average Bonchev–Trinajstić information content (AvgIpc) is 2.36. The predicted molar refractivity (Wildman–Crippen MR) is 82.4 cm³/mol. The van der Waals surface area contributed by atoms with Gasteiger partial charge in [0.2, 0.25) is 0 Å². The van der Waals surface area contributed by atoms with E-state index in [-0.39, 0.29) is 6.04 Å². The smallest absolute Gasteiger partial charge is 0.398 e. The molecule has 0 aliphatic heterocycles. The minimum absolute atomic E-state index is 0.316.